The van der Waals surface area contributed by atoms with E-state index in [1.807, 2.05) is 41.9 Å². The van der Waals surface area contributed by atoms with Gasteiger partial charge in [0, 0.05) is 32.5 Å². The molecule has 0 spiro atoms. The fraction of sp³-hybridized carbons (Fsp3) is 0.357. The van der Waals surface area contributed by atoms with Gasteiger partial charge in [-0.25, -0.2) is 0 Å². The summed E-state index contributed by atoms with van der Waals surface area (Å²) in [5.41, 5.74) is 6.97. The van der Waals surface area contributed by atoms with Crippen molar-refractivity contribution in [1.82, 2.24) is 20.1 Å². The number of aromatic nitrogens is 3. The predicted octanol–water partition coefficient (Wildman–Crippen LogP) is 0.564. The Hall–Kier alpha value is -2.21. The molecule has 20 heavy (non-hydrogen) atoms. The molecule has 2 aromatic rings. The van der Waals surface area contributed by atoms with Crippen LogP contribution in [0.15, 0.2) is 36.7 Å². The number of nitrogens with two attached hydrogens (primary N) is 1. The molecular weight excluding hydrogens is 254 g/mol. The molecule has 0 aliphatic carbocycles. The van der Waals surface area contributed by atoms with Gasteiger partial charge in [-0.05, 0) is 5.56 Å². The number of carbonyl (C=O) groups is 1. The molecule has 0 fully saturated rings. The molecule has 6 heteroatoms. The van der Waals surface area contributed by atoms with Crippen molar-refractivity contribution in [3.63, 3.8) is 0 Å². The molecule has 1 heterocycles. The van der Waals surface area contributed by atoms with E-state index in [2.05, 4.69) is 15.5 Å². The van der Waals surface area contributed by atoms with Gasteiger partial charge in [-0.15, -0.1) is 10.2 Å². The van der Waals surface area contributed by atoms with Crippen molar-refractivity contribution in [3.05, 3.63) is 48.0 Å². The summed E-state index contributed by atoms with van der Waals surface area (Å²) >= 11 is 0. The van der Waals surface area contributed by atoms with Gasteiger partial charge in [0.05, 0.1) is 0 Å². The smallest absolute Gasteiger partial charge is 0.221 e. The van der Waals surface area contributed by atoms with E-state index in [-0.39, 0.29) is 18.4 Å². The molecule has 0 aliphatic heterocycles. The number of nitrogens with one attached hydrogen (secondary N) is 1. The predicted molar refractivity (Wildman–Crippen MR) is 75.7 cm³/mol. The maximum atomic E-state index is 11.8. The second-order valence-electron chi connectivity index (χ2n) is 4.68. The van der Waals surface area contributed by atoms with Gasteiger partial charge in [0.1, 0.15) is 12.2 Å². The molecule has 106 valence electrons. The Morgan fingerprint density at radius 1 is 1.40 bits per heavy atom. The second-order valence-corrected chi connectivity index (χ2v) is 4.68. The Balaban J connectivity index is 1.74. The zero-order chi connectivity index (χ0) is 14.4. The highest BCUT2D eigenvalue weighted by Crippen LogP contribution is 2.12. The lowest BCUT2D eigenvalue weighted by molar-refractivity contribution is -0.121. The molecular formula is C14H19N5O. The second kappa shape index (κ2) is 6.81. The Labute approximate surface area is 118 Å². The van der Waals surface area contributed by atoms with Crippen LogP contribution in [0.2, 0.25) is 0 Å². The van der Waals surface area contributed by atoms with Crippen molar-refractivity contribution in [2.24, 2.45) is 12.8 Å². The number of rotatable bonds is 6. The first-order chi connectivity index (χ1) is 9.66. The summed E-state index contributed by atoms with van der Waals surface area (Å²) in [7, 11) is 1.88. The van der Waals surface area contributed by atoms with Crippen LogP contribution < -0.4 is 11.1 Å². The van der Waals surface area contributed by atoms with Crippen LogP contribution in [-0.4, -0.2) is 27.2 Å². The molecule has 3 N–H and O–H groups in total. The van der Waals surface area contributed by atoms with Crippen LogP contribution in [-0.2, 0) is 18.3 Å². The van der Waals surface area contributed by atoms with Crippen molar-refractivity contribution in [1.29, 1.82) is 0 Å². The first kappa shape index (κ1) is 14.2. The standard InChI is InChI=1S/C14H19N5O/c1-19-10-17-18-13(19)7-8-16-14(20)9-12(15)11-5-3-2-4-6-11/h2-6,10,12H,7-9,15H2,1H3,(H,16,20). The van der Waals surface area contributed by atoms with Gasteiger partial charge in [-0.1, -0.05) is 30.3 Å². The first-order valence-corrected chi connectivity index (χ1v) is 6.57. The fourth-order valence-electron chi connectivity index (χ4n) is 1.94. The van der Waals surface area contributed by atoms with Gasteiger partial charge in [-0.2, -0.15) is 0 Å². The normalized spacial score (nSPS) is 12.1. The summed E-state index contributed by atoms with van der Waals surface area (Å²) in [4.78, 5) is 11.8. The van der Waals surface area contributed by atoms with Crippen LogP contribution in [0, 0.1) is 0 Å². The van der Waals surface area contributed by atoms with Gasteiger partial charge in [0.25, 0.3) is 0 Å². The Kier molecular flexibility index (Phi) is 4.84. The van der Waals surface area contributed by atoms with E-state index in [1.54, 1.807) is 6.33 Å². The molecule has 1 atom stereocenters. The molecule has 6 nitrogen and oxygen atoms in total. The minimum absolute atomic E-state index is 0.0523. The van der Waals surface area contributed by atoms with Crippen LogP contribution in [0.5, 0.6) is 0 Å². The average Bonchev–Trinajstić information content (AvgIpc) is 2.85. The fourth-order valence-corrected chi connectivity index (χ4v) is 1.94. The van der Waals surface area contributed by atoms with Gasteiger partial charge < -0.3 is 15.6 Å². The van der Waals surface area contributed by atoms with E-state index in [0.717, 1.165) is 11.4 Å². The summed E-state index contributed by atoms with van der Waals surface area (Å²) in [5.74, 6) is 0.793. The van der Waals surface area contributed by atoms with Crippen molar-refractivity contribution in [3.8, 4) is 0 Å². The average molecular weight is 273 g/mol. The van der Waals surface area contributed by atoms with E-state index in [4.69, 9.17) is 5.73 Å². The van der Waals surface area contributed by atoms with E-state index in [0.29, 0.717) is 13.0 Å². The molecule has 1 aromatic heterocycles. The van der Waals surface area contributed by atoms with Gasteiger partial charge in [0.2, 0.25) is 5.91 Å². The summed E-state index contributed by atoms with van der Waals surface area (Å²) in [6.45, 7) is 0.535. The van der Waals surface area contributed by atoms with Crippen LogP contribution >= 0.6 is 0 Å². The summed E-state index contributed by atoms with van der Waals surface area (Å²) in [6.07, 6.45) is 2.58. The van der Waals surface area contributed by atoms with Crippen LogP contribution in [0.1, 0.15) is 23.9 Å². The zero-order valence-electron chi connectivity index (χ0n) is 11.5. The first-order valence-electron chi connectivity index (χ1n) is 6.57. The van der Waals surface area contributed by atoms with Crippen LogP contribution in [0.3, 0.4) is 0 Å². The molecule has 1 aromatic carbocycles. The number of carbonyl (C=O) groups excluding carboxylic acids is 1. The van der Waals surface area contributed by atoms with E-state index >= 15 is 0 Å². The summed E-state index contributed by atoms with van der Waals surface area (Å²) in [6, 6.07) is 9.35. The minimum atomic E-state index is -0.272. The maximum Gasteiger partial charge on any atom is 0.221 e. The highest BCUT2D eigenvalue weighted by atomic mass is 16.1. The molecule has 0 saturated carbocycles. The van der Waals surface area contributed by atoms with Crippen molar-refractivity contribution in [2.75, 3.05) is 6.54 Å². The van der Waals surface area contributed by atoms with E-state index in [1.165, 1.54) is 0 Å². The van der Waals surface area contributed by atoms with E-state index in [9.17, 15) is 4.79 Å². The molecule has 0 bridgehead atoms. The Bertz CT molecular complexity index is 552. The van der Waals surface area contributed by atoms with Gasteiger partial charge in [0.15, 0.2) is 0 Å². The SMILES string of the molecule is Cn1cnnc1CCNC(=O)CC(N)c1ccccc1. The van der Waals surface area contributed by atoms with E-state index < -0.39 is 0 Å². The Morgan fingerprint density at radius 3 is 2.80 bits per heavy atom. The Morgan fingerprint density at radius 2 is 2.15 bits per heavy atom. The summed E-state index contributed by atoms with van der Waals surface area (Å²) < 4.78 is 1.84. The third-order valence-electron chi connectivity index (χ3n) is 3.11. The zero-order valence-corrected chi connectivity index (χ0v) is 11.5. The van der Waals surface area contributed by atoms with Crippen molar-refractivity contribution < 1.29 is 4.79 Å². The molecule has 1 unspecified atom stereocenters. The largest absolute Gasteiger partial charge is 0.356 e. The molecule has 2 rings (SSSR count). The minimum Gasteiger partial charge on any atom is -0.356 e. The third kappa shape index (κ3) is 3.89. The lowest BCUT2D eigenvalue weighted by atomic mass is 10.0. The number of hydrogen-bond acceptors (Lipinski definition) is 4. The highest BCUT2D eigenvalue weighted by Gasteiger charge is 2.11. The van der Waals surface area contributed by atoms with Crippen LogP contribution in [0.4, 0.5) is 0 Å². The lowest BCUT2D eigenvalue weighted by Crippen LogP contribution is -2.29. The highest BCUT2D eigenvalue weighted by molar-refractivity contribution is 5.76. The van der Waals surface area contributed by atoms with Gasteiger partial charge >= 0.3 is 0 Å². The van der Waals surface area contributed by atoms with Crippen LogP contribution in [0.25, 0.3) is 0 Å². The van der Waals surface area contributed by atoms with Crippen molar-refractivity contribution >= 4 is 5.91 Å². The number of aryl methyl sites for hydroxylation is 1. The van der Waals surface area contributed by atoms with Crippen molar-refractivity contribution in [2.45, 2.75) is 18.9 Å². The lowest BCUT2D eigenvalue weighted by Gasteiger charge is -2.12. The molecule has 1 amide bonds. The summed E-state index contributed by atoms with van der Waals surface area (Å²) in [5, 5.41) is 10.6. The quantitative estimate of drug-likeness (QED) is 0.805. The number of nitrogens with zero attached hydrogens (tertiary/aromatic N) is 3. The number of benzene rings is 1. The number of hydrogen-bond donors (Lipinski definition) is 2. The molecule has 0 radical (unpaired) electrons. The number of amides is 1. The van der Waals surface area contributed by atoms with Gasteiger partial charge in [-0.3, -0.25) is 4.79 Å². The topological polar surface area (TPSA) is 85.8 Å². The maximum absolute atomic E-state index is 11.8. The monoisotopic (exact) mass is 273 g/mol. The molecule has 0 aliphatic rings. The third-order valence-corrected chi connectivity index (χ3v) is 3.11. The molecule has 0 saturated heterocycles.